The molecule has 142 valence electrons. The average molecular weight is 368 g/mol. The Morgan fingerprint density at radius 3 is 2.67 bits per heavy atom. The zero-order chi connectivity index (χ0) is 18.8. The van der Waals surface area contributed by atoms with Gasteiger partial charge in [0.25, 0.3) is 5.91 Å². The van der Waals surface area contributed by atoms with Crippen LogP contribution in [0.4, 0.5) is 11.6 Å². The van der Waals surface area contributed by atoms with Crippen molar-refractivity contribution in [3.8, 4) is 0 Å². The average Bonchev–Trinajstić information content (AvgIpc) is 3.47. The Bertz CT molecular complexity index is 852. The smallest absolute Gasteiger partial charge is 0.258 e. The zero-order valence-corrected chi connectivity index (χ0v) is 15.4. The quantitative estimate of drug-likeness (QED) is 0.748. The molecule has 1 saturated carbocycles. The van der Waals surface area contributed by atoms with Crippen LogP contribution in [0, 0.1) is 5.92 Å². The highest BCUT2D eigenvalue weighted by molar-refractivity contribution is 6.04. The molecule has 8 heteroatoms. The summed E-state index contributed by atoms with van der Waals surface area (Å²) in [6.45, 7) is 1.92. The van der Waals surface area contributed by atoms with E-state index in [-0.39, 0.29) is 17.7 Å². The molecule has 4 rings (SSSR count). The number of hydrogen-bond acceptors (Lipinski definition) is 5. The van der Waals surface area contributed by atoms with Gasteiger partial charge in [0.2, 0.25) is 11.9 Å². The molecule has 2 amide bonds. The van der Waals surface area contributed by atoms with Crippen LogP contribution in [-0.2, 0) is 11.8 Å². The number of carbonyl (C=O) groups excluding carboxylic acids is 2. The standard InChI is InChI=1S/C19H24N6O2/c1-25-19(22-16(24-25)12-7-9-20-10-8-12)23-18(27)14-3-2-4-15(11-14)21-17(26)13-5-6-13/h2-4,11-13,20H,5-10H2,1H3,(H,21,26)(H,22,23,24,27). The number of amides is 2. The molecule has 2 heterocycles. The molecule has 8 nitrogen and oxygen atoms in total. The Kier molecular flexibility index (Phi) is 4.89. The van der Waals surface area contributed by atoms with Crippen LogP contribution in [0.15, 0.2) is 24.3 Å². The van der Waals surface area contributed by atoms with Gasteiger partial charge in [-0.25, -0.2) is 4.68 Å². The highest BCUT2D eigenvalue weighted by Crippen LogP contribution is 2.30. The van der Waals surface area contributed by atoms with E-state index >= 15 is 0 Å². The van der Waals surface area contributed by atoms with Crippen LogP contribution in [0.2, 0.25) is 0 Å². The Morgan fingerprint density at radius 1 is 1.15 bits per heavy atom. The summed E-state index contributed by atoms with van der Waals surface area (Å²) in [5.74, 6) is 1.40. The molecule has 0 radical (unpaired) electrons. The fourth-order valence-corrected chi connectivity index (χ4v) is 3.27. The molecule has 1 aromatic heterocycles. The summed E-state index contributed by atoms with van der Waals surface area (Å²) < 4.78 is 1.61. The van der Waals surface area contributed by atoms with Crippen LogP contribution >= 0.6 is 0 Å². The van der Waals surface area contributed by atoms with Crippen molar-refractivity contribution in [1.29, 1.82) is 0 Å². The minimum atomic E-state index is -0.273. The number of hydrogen-bond donors (Lipinski definition) is 3. The summed E-state index contributed by atoms with van der Waals surface area (Å²) in [5, 5.41) is 13.5. The van der Waals surface area contributed by atoms with Crippen molar-refractivity contribution >= 4 is 23.5 Å². The first-order valence-electron chi connectivity index (χ1n) is 9.44. The highest BCUT2D eigenvalue weighted by atomic mass is 16.2. The van der Waals surface area contributed by atoms with Crippen molar-refractivity contribution in [3.63, 3.8) is 0 Å². The number of aromatic nitrogens is 3. The van der Waals surface area contributed by atoms with Crippen molar-refractivity contribution in [3.05, 3.63) is 35.7 Å². The molecule has 1 saturated heterocycles. The fraction of sp³-hybridized carbons (Fsp3) is 0.474. The summed E-state index contributed by atoms with van der Waals surface area (Å²) in [6, 6.07) is 6.94. The highest BCUT2D eigenvalue weighted by Gasteiger charge is 2.29. The number of benzene rings is 1. The number of aryl methyl sites for hydroxylation is 1. The Hall–Kier alpha value is -2.74. The third kappa shape index (κ3) is 4.16. The number of nitrogens with one attached hydrogen (secondary N) is 3. The summed E-state index contributed by atoms with van der Waals surface area (Å²) in [5.41, 5.74) is 1.10. The first-order chi connectivity index (χ1) is 13.1. The fourth-order valence-electron chi connectivity index (χ4n) is 3.27. The van der Waals surface area contributed by atoms with E-state index in [9.17, 15) is 9.59 Å². The second-order valence-corrected chi connectivity index (χ2v) is 7.24. The molecule has 0 bridgehead atoms. The normalized spacial score (nSPS) is 17.5. The molecule has 1 aliphatic heterocycles. The van der Waals surface area contributed by atoms with E-state index in [0.29, 0.717) is 23.1 Å². The first-order valence-corrected chi connectivity index (χ1v) is 9.44. The monoisotopic (exact) mass is 368 g/mol. The van der Waals surface area contributed by atoms with Crippen molar-refractivity contribution in [2.45, 2.75) is 31.6 Å². The Labute approximate surface area is 157 Å². The van der Waals surface area contributed by atoms with E-state index in [1.54, 1.807) is 36.0 Å². The van der Waals surface area contributed by atoms with Gasteiger partial charge in [0.05, 0.1) is 0 Å². The lowest BCUT2D eigenvalue weighted by molar-refractivity contribution is -0.117. The summed E-state index contributed by atoms with van der Waals surface area (Å²) in [4.78, 5) is 29.1. The molecule has 0 atom stereocenters. The second kappa shape index (κ2) is 7.48. The van der Waals surface area contributed by atoms with E-state index in [1.165, 1.54) is 0 Å². The van der Waals surface area contributed by atoms with Crippen LogP contribution in [0.3, 0.4) is 0 Å². The van der Waals surface area contributed by atoms with Gasteiger partial charge >= 0.3 is 0 Å². The van der Waals surface area contributed by atoms with Crippen LogP contribution in [0.1, 0.15) is 47.8 Å². The maximum atomic E-state index is 12.6. The molecule has 2 aliphatic rings. The lowest BCUT2D eigenvalue weighted by Crippen LogP contribution is -2.27. The van der Waals surface area contributed by atoms with Gasteiger partial charge in [-0.15, -0.1) is 0 Å². The second-order valence-electron chi connectivity index (χ2n) is 7.24. The van der Waals surface area contributed by atoms with Gasteiger partial charge in [0.15, 0.2) is 5.82 Å². The third-order valence-corrected chi connectivity index (χ3v) is 5.05. The molecule has 1 aromatic carbocycles. The van der Waals surface area contributed by atoms with Crippen molar-refractivity contribution in [2.75, 3.05) is 23.7 Å². The Balaban J connectivity index is 1.44. The molecule has 0 spiro atoms. The SMILES string of the molecule is Cn1nc(C2CCNCC2)nc1NC(=O)c1cccc(NC(=O)C2CC2)c1. The Morgan fingerprint density at radius 2 is 1.93 bits per heavy atom. The molecule has 0 unspecified atom stereocenters. The van der Waals surface area contributed by atoms with Crippen LogP contribution in [0.25, 0.3) is 0 Å². The molecule has 27 heavy (non-hydrogen) atoms. The molecule has 2 fully saturated rings. The van der Waals surface area contributed by atoms with E-state index in [1.807, 2.05) is 0 Å². The van der Waals surface area contributed by atoms with Crippen LogP contribution < -0.4 is 16.0 Å². The van der Waals surface area contributed by atoms with Gasteiger partial charge in [-0.05, 0) is 57.0 Å². The molecular weight excluding hydrogens is 344 g/mol. The van der Waals surface area contributed by atoms with Crippen LogP contribution in [0.5, 0.6) is 0 Å². The van der Waals surface area contributed by atoms with Crippen molar-refractivity contribution in [2.24, 2.45) is 13.0 Å². The molecule has 2 aromatic rings. The van der Waals surface area contributed by atoms with Gasteiger partial charge in [-0.3, -0.25) is 14.9 Å². The molecule has 3 N–H and O–H groups in total. The largest absolute Gasteiger partial charge is 0.326 e. The lowest BCUT2D eigenvalue weighted by atomic mass is 9.98. The van der Waals surface area contributed by atoms with Gasteiger partial charge in [0.1, 0.15) is 0 Å². The topological polar surface area (TPSA) is 101 Å². The molecular formula is C19H24N6O2. The molecule has 1 aliphatic carbocycles. The van der Waals surface area contributed by atoms with Gasteiger partial charge < -0.3 is 10.6 Å². The van der Waals surface area contributed by atoms with Crippen molar-refractivity contribution < 1.29 is 9.59 Å². The number of nitrogens with zero attached hydrogens (tertiary/aromatic N) is 3. The van der Waals surface area contributed by atoms with E-state index < -0.39 is 0 Å². The third-order valence-electron chi connectivity index (χ3n) is 5.05. The van der Waals surface area contributed by atoms with Crippen LogP contribution in [-0.4, -0.2) is 39.7 Å². The maximum Gasteiger partial charge on any atom is 0.258 e. The first kappa shape index (κ1) is 17.7. The van der Waals surface area contributed by atoms with Crippen molar-refractivity contribution in [1.82, 2.24) is 20.1 Å². The number of piperidine rings is 1. The summed E-state index contributed by atoms with van der Waals surface area (Å²) in [6.07, 6.45) is 3.88. The minimum absolute atomic E-state index is 0.0208. The lowest BCUT2D eigenvalue weighted by Gasteiger charge is -2.19. The number of carbonyl (C=O) groups is 2. The van der Waals surface area contributed by atoms with Gasteiger partial charge in [0, 0.05) is 30.1 Å². The predicted octanol–water partition coefficient (Wildman–Crippen LogP) is 1.88. The van der Waals surface area contributed by atoms with Gasteiger partial charge in [-0.2, -0.15) is 10.1 Å². The van der Waals surface area contributed by atoms with E-state index in [0.717, 1.165) is 44.6 Å². The van der Waals surface area contributed by atoms with E-state index in [4.69, 9.17) is 0 Å². The number of anilines is 2. The minimum Gasteiger partial charge on any atom is -0.326 e. The summed E-state index contributed by atoms with van der Waals surface area (Å²) in [7, 11) is 1.78. The number of rotatable bonds is 5. The van der Waals surface area contributed by atoms with E-state index in [2.05, 4.69) is 26.0 Å². The summed E-state index contributed by atoms with van der Waals surface area (Å²) >= 11 is 0. The maximum absolute atomic E-state index is 12.6. The van der Waals surface area contributed by atoms with Gasteiger partial charge in [-0.1, -0.05) is 6.07 Å². The predicted molar refractivity (Wildman–Crippen MR) is 102 cm³/mol. The zero-order valence-electron chi connectivity index (χ0n) is 15.4.